The molecule has 1 rings (SSSR count). The Balaban J connectivity index is 2.18. The summed E-state index contributed by atoms with van der Waals surface area (Å²) < 4.78 is 0. The van der Waals surface area contributed by atoms with Gasteiger partial charge in [-0.3, -0.25) is 4.86 Å². The van der Waals surface area contributed by atoms with Crippen LogP contribution in [0.2, 0.25) is 0 Å². The van der Waals surface area contributed by atoms with Crippen molar-refractivity contribution in [3.8, 4) is 0 Å². The maximum absolute atomic E-state index is 3.41. The molecule has 1 fully saturated rings. The molecule has 3 heteroatoms. The van der Waals surface area contributed by atoms with Gasteiger partial charge in [-0.05, 0) is 35.8 Å². The van der Waals surface area contributed by atoms with Gasteiger partial charge in [0, 0.05) is 0 Å². The Morgan fingerprint density at radius 3 is 2.83 bits per heavy atom. The van der Waals surface area contributed by atoms with E-state index in [2.05, 4.69) is 11.5 Å². The minimum atomic E-state index is 0.297. The smallest absolute Gasteiger partial charge is 0.0146 e. The molecule has 1 saturated heterocycles. The summed E-state index contributed by atoms with van der Waals surface area (Å²) in [5.74, 6) is 0. The topological polar surface area (TPSA) is 12.0 Å². The Morgan fingerprint density at radius 2 is 2.67 bits per heavy atom. The molecular weight excluding hydrogens is 112 g/mol. The maximum Gasteiger partial charge on any atom is -0.0146 e. The van der Waals surface area contributed by atoms with Gasteiger partial charge >= 0.3 is 0 Å². The molecule has 0 bridgehead atoms. The summed E-state index contributed by atoms with van der Waals surface area (Å²) >= 11 is 0. The third kappa shape index (κ3) is 1.15. The molecule has 0 radical (unpaired) electrons. The fourth-order valence-corrected chi connectivity index (χ4v) is 4.23. The lowest BCUT2D eigenvalue weighted by atomic mass is 11.0. The van der Waals surface area contributed by atoms with Gasteiger partial charge < -0.3 is 0 Å². The molecule has 0 aromatic heterocycles. The van der Waals surface area contributed by atoms with Crippen LogP contribution >= 0.6 is 16.8 Å². The van der Waals surface area contributed by atoms with Crippen LogP contribution in [0.1, 0.15) is 0 Å². The highest BCUT2D eigenvalue weighted by molar-refractivity contribution is 7.67. The molecular formula is C3H9NP2. The van der Waals surface area contributed by atoms with Crippen molar-refractivity contribution in [2.24, 2.45) is 0 Å². The van der Waals surface area contributed by atoms with Gasteiger partial charge in [0.1, 0.15) is 0 Å². The van der Waals surface area contributed by atoms with Crippen molar-refractivity contribution in [2.75, 3.05) is 19.0 Å². The zero-order valence-electron chi connectivity index (χ0n) is 3.86. The largest absolute Gasteiger partial charge is 0.276 e. The van der Waals surface area contributed by atoms with Crippen molar-refractivity contribution in [2.45, 2.75) is 0 Å². The van der Waals surface area contributed by atoms with Gasteiger partial charge in [0.25, 0.3) is 0 Å². The standard InChI is InChI=1S/C3H9NP2/c1-6-3-2-5-4-6/h4-5H,2-3H2,1H3. The number of hydrogen-bond acceptors (Lipinski definition) is 1. The average Bonchev–Trinajstić information content (AvgIpc) is 1.86. The third-order valence-electron chi connectivity index (χ3n) is 0.842. The summed E-state index contributed by atoms with van der Waals surface area (Å²) in [5, 5.41) is 0. The molecule has 0 spiro atoms. The molecule has 1 aliphatic heterocycles. The monoisotopic (exact) mass is 121 g/mol. The zero-order chi connectivity index (χ0) is 4.41. The first kappa shape index (κ1) is 4.97. The quantitative estimate of drug-likeness (QED) is 0.475. The first-order valence-electron chi connectivity index (χ1n) is 2.09. The molecule has 1 nitrogen and oxygen atoms in total. The van der Waals surface area contributed by atoms with Gasteiger partial charge in [0.15, 0.2) is 0 Å². The number of nitrogens with one attached hydrogen (secondary N) is 1. The summed E-state index contributed by atoms with van der Waals surface area (Å²) in [6.07, 6.45) is 2.88. The van der Waals surface area contributed by atoms with E-state index in [1.807, 2.05) is 0 Å². The second-order valence-electron chi connectivity index (χ2n) is 1.46. The summed E-state index contributed by atoms with van der Waals surface area (Å²) in [5.41, 5.74) is 0. The van der Waals surface area contributed by atoms with Crippen molar-refractivity contribution >= 4 is 16.8 Å². The second-order valence-corrected chi connectivity index (χ2v) is 5.05. The van der Waals surface area contributed by atoms with Gasteiger partial charge in [-0.2, -0.15) is 0 Å². The molecule has 6 heavy (non-hydrogen) atoms. The maximum atomic E-state index is 3.41. The molecule has 0 amide bonds. The number of rotatable bonds is 0. The van der Waals surface area contributed by atoms with E-state index in [0.717, 1.165) is 8.73 Å². The van der Waals surface area contributed by atoms with E-state index >= 15 is 0 Å². The molecule has 0 aliphatic carbocycles. The highest BCUT2D eigenvalue weighted by Crippen LogP contribution is 2.38. The van der Waals surface area contributed by atoms with Gasteiger partial charge in [0.05, 0.1) is 0 Å². The molecule has 0 aromatic rings. The molecule has 1 N–H and O–H groups in total. The van der Waals surface area contributed by atoms with Crippen LogP contribution in [0.4, 0.5) is 0 Å². The Kier molecular flexibility index (Phi) is 1.83. The molecule has 1 aliphatic rings. The molecule has 2 atom stereocenters. The summed E-state index contributed by atoms with van der Waals surface area (Å²) in [4.78, 5) is 3.41. The number of hydrogen-bond donors (Lipinski definition) is 1. The molecule has 2 unspecified atom stereocenters. The van der Waals surface area contributed by atoms with Crippen molar-refractivity contribution in [1.29, 1.82) is 0 Å². The molecule has 0 aromatic carbocycles. The van der Waals surface area contributed by atoms with E-state index in [-0.39, 0.29) is 0 Å². The summed E-state index contributed by atoms with van der Waals surface area (Å²) in [7, 11) is 1.37. The Labute approximate surface area is 41.5 Å². The highest BCUT2D eigenvalue weighted by Gasteiger charge is 2.05. The normalized spacial score (nSPS) is 38.5. The van der Waals surface area contributed by atoms with Crippen molar-refractivity contribution in [1.82, 2.24) is 4.86 Å². The predicted molar refractivity (Wildman–Crippen MR) is 34.0 cm³/mol. The van der Waals surface area contributed by atoms with E-state index in [4.69, 9.17) is 0 Å². The van der Waals surface area contributed by atoms with Gasteiger partial charge in [-0.25, -0.2) is 0 Å². The Hall–Kier alpha value is 0.820. The summed E-state index contributed by atoms with van der Waals surface area (Å²) in [6.45, 7) is 2.30. The Bertz CT molecular complexity index is 42.1. The van der Waals surface area contributed by atoms with Crippen LogP contribution in [0.25, 0.3) is 0 Å². The van der Waals surface area contributed by atoms with E-state index in [0.29, 0.717) is 8.07 Å². The van der Waals surface area contributed by atoms with E-state index < -0.39 is 0 Å². The van der Waals surface area contributed by atoms with Gasteiger partial charge in [-0.15, -0.1) is 0 Å². The van der Waals surface area contributed by atoms with Gasteiger partial charge in [-0.1, -0.05) is 0 Å². The third-order valence-corrected chi connectivity index (χ3v) is 4.82. The fraction of sp³-hybridized carbons (Fsp3) is 1.00. The zero-order valence-corrected chi connectivity index (χ0v) is 5.76. The van der Waals surface area contributed by atoms with E-state index in [1.54, 1.807) is 0 Å². The highest BCUT2D eigenvalue weighted by atomic mass is 31.2. The van der Waals surface area contributed by atoms with Crippen molar-refractivity contribution < 1.29 is 0 Å². The predicted octanol–water partition coefficient (Wildman–Crippen LogP) is 1.21. The minimum Gasteiger partial charge on any atom is -0.276 e. The van der Waals surface area contributed by atoms with E-state index in [9.17, 15) is 0 Å². The Morgan fingerprint density at radius 1 is 1.83 bits per heavy atom. The van der Waals surface area contributed by atoms with Gasteiger partial charge in [0.2, 0.25) is 0 Å². The summed E-state index contributed by atoms with van der Waals surface area (Å²) in [6, 6.07) is 0. The van der Waals surface area contributed by atoms with Crippen LogP contribution in [-0.4, -0.2) is 19.0 Å². The van der Waals surface area contributed by atoms with Crippen LogP contribution < -0.4 is 4.86 Å². The minimum absolute atomic E-state index is 0.297. The lowest BCUT2D eigenvalue weighted by Gasteiger charge is -1.95. The van der Waals surface area contributed by atoms with Crippen LogP contribution in [0.3, 0.4) is 0 Å². The van der Waals surface area contributed by atoms with Crippen LogP contribution in [0, 0.1) is 0 Å². The molecule has 36 valence electrons. The van der Waals surface area contributed by atoms with Crippen molar-refractivity contribution in [3.05, 3.63) is 0 Å². The SMILES string of the molecule is CP1CCPN1. The first-order chi connectivity index (χ1) is 2.89. The van der Waals surface area contributed by atoms with Crippen LogP contribution in [-0.2, 0) is 0 Å². The average molecular weight is 121 g/mol. The van der Waals surface area contributed by atoms with Crippen molar-refractivity contribution in [3.63, 3.8) is 0 Å². The van der Waals surface area contributed by atoms with E-state index in [1.165, 1.54) is 12.3 Å². The second kappa shape index (κ2) is 2.21. The first-order valence-corrected chi connectivity index (χ1v) is 5.27. The lowest BCUT2D eigenvalue weighted by molar-refractivity contribution is 1.55. The van der Waals surface area contributed by atoms with Crippen LogP contribution in [0.5, 0.6) is 0 Å². The van der Waals surface area contributed by atoms with Crippen LogP contribution in [0.15, 0.2) is 0 Å². The fourth-order valence-electron chi connectivity index (χ4n) is 0.470. The molecule has 0 saturated carbocycles. The lowest BCUT2D eigenvalue weighted by Crippen LogP contribution is -1.80. The molecule has 1 heterocycles.